The quantitative estimate of drug-likeness (QED) is 0.731. The molecule has 0 N–H and O–H groups in total. The topological polar surface area (TPSA) is 29.3 Å². The molecule has 0 aliphatic carbocycles. The van der Waals surface area contributed by atoms with E-state index in [1.165, 1.54) is 11.1 Å². The van der Waals surface area contributed by atoms with Gasteiger partial charge in [0, 0.05) is 37.2 Å². The third-order valence-electron chi connectivity index (χ3n) is 4.51. The van der Waals surface area contributed by atoms with Gasteiger partial charge < -0.3 is 4.52 Å². The molecule has 0 unspecified atom stereocenters. The van der Waals surface area contributed by atoms with E-state index in [-0.39, 0.29) is 0 Å². The summed E-state index contributed by atoms with van der Waals surface area (Å²) in [4.78, 5) is 2.50. The molecule has 1 aromatic heterocycles. The van der Waals surface area contributed by atoms with Gasteiger partial charge in [-0.3, -0.25) is 4.90 Å². The predicted molar refractivity (Wildman–Crippen MR) is 91.1 cm³/mol. The van der Waals surface area contributed by atoms with Crippen molar-refractivity contribution in [1.82, 2.24) is 10.1 Å². The smallest absolute Gasteiger partial charge is 0.143 e. The second kappa shape index (κ2) is 6.39. The number of rotatable bonds is 4. The fourth-order valence-corrected chi connectivity index (χ4v) is 3.21. The molecular weight excluding hydrogens is 284 g/mol. The highest BCUT2D eigenvalue weighted by Gasteiger charge is 2.24. The van der Waals surface area contributed by atoms with Crippen LogP contribution < -0.4 is 0 Å². The van der Waals surface area contributed by atoms with Crippen LogP contribution in [0.3, 0.4) is 0 Å². The van der Waals surface area contributed by atoms with Crippen LogP contribution in [0.2, 0.25) is 0 Å². The molecule has 2 aromatic carbocycles. The van der Waals surface area contributed by atoms with Crippen LogP contribution in [0.15, 0.2) is 65.2 Å². The summed E-state index contributed by atoms with van der Waals surface area (Å²) < 4.78 is 5.58. The monoisotopic (exact) mass is 304 g/mol. The molecule has 3 aromatic rings. The van der Waals surface area contributed by atoms with Crippen molar-refractivity contribution in [3.05, 3.63) is 77.6 Å². The summed E-state index contributed by atoms with van der Waals surface area (Å²) in [5, 5.41) is 4.32. The van der Waals surface area contributed by atoms with Crippen molar-refractivity contribution in [1.29, 1.82) is 0 Å². The van der Waals surface area contributed by atoms with Crippen LogP contribution in [0.1, 0.15) is 16.9 Å². The standard InChI is InChI=1S/C20H20N2O/c1-3-7-16(8-4-1)11-13-22-14-12-19-18(15-22)20(21-23-19)17-9-5-2-6-10-17/h1-10H,11-15H2. The minimum absolute atomic E-state index is 0.926. The van der Waals surface area contributed by atoms with Crippen LogP contribution in [0.5, 0.6) is 0 Å². The lowest BCUT2D eigenvalue weighted by Gasteiger charge is -2.26. The Morgan fingerprint density at radius 2 is 1.70 bits per heavy atom. The minimum atomic E-state index is 0.926. The average molecular weight is 304 g/mol. The first kappa shape index (κ1) is 14.2. The maximum Gasteiger partial charge on any atom is 0.143 e. The van der Waals surface area contributed by atoms with Crippen LogP contribution in [-0.4, -0.2) is 23.1 Å². The van der Waals surface area contributed by atoms with Crippen molar-refractivity contribution in [2.75, 3.05) is 13.1 Å². The molecule has 0 bridgehead atoms. The average Bonchev–Trinajstić information content (AvgIpc) is 3.05. The van der Waals surface area contributed by atoms with Gasteiger partial charge in [0.25, 0.3) is 0 Å². The third kappa shape index (κ3) is 3.06. The molecule has 0 radical (unpaired) electrons. The zero-order valence-corrected chi connectivity index (χ0v) is 13.1. The number of fused-ring (bicyclic) bond motifs is 1. The normalized spacial score (nSPS) is 14.6. The van der Waals surface area contributed by atoms with Gasteiger partial charge in [-0.1, -0.05) is 65.8 Å². The van der Waals surface area contributed by atoms with Gasteiger partial charge in [0.2, 0.25) is 0 Å². The Morgan fingerprint density at radius 3 is 2.48 bits per heavy atom. The van der Waals surface area contributed by atoms with E-state index in [4.69, 9.17) is 4.52 Å². The van der Waals surface area contributed by atoms with Crippen molar-refractivity contribution >= 4 is 0 Å². The molecular formula is C20H20N2O. The van der Waals surface area contributed by atoms with E-state index in [1.807, 2.05) is 18.2 Å². The van der Waals surface area contributed by atoms with E-state index >= 15 is 0 Å². The zero-order valence-electron chi connectivity index (χ0n) is 13.1. The Morgan fingerprint density at radius 1 is 0.957 bits per heavy atom. The zero-order chi connectivity index (χ0) is 15.5. The molecule has 3 nitrogen and oxygen atoms in total. The van der Waals surface area contributed by atoms with Crippen LogP contribution >= 0.6 is 0 Å². The molecule has 0 saturated heterocycles. The van der Waals surface area contributed by atoms with Crippen molar-refractivity contribution in [3.63, 3.8) is 0 Å². The summed E-state index contributed by atoms with van der Waals surface area (Å²) in [6, 6.07) is 21.0. The molecule has 0 atom stereocenters. The van der Waals surface area contributed by atoms with Gasteiger partial charge in [-0.2, -0.15) is 0 Å². The van der Waals surface area contributed by atoms with E-state index in [9.17, 15) is 0 Å². The molecule has 116 valence electrons. The predicted octanol–water partition coefficient (Wildman–Crippen LogP) is 3.94. The fraction of sp³-hybridized carbons (Fsp3) is 0.250. The van der Waals surface area contributed by atoms with Gasteiger partial charge in [-0.25, -0.2) is 0 Å². The van der Waals surface area contributed by atoms with Gasteiger partial charge >= 0.3 is 0 Å². The highest BCUT2D eigenvalue weighted by atomic mass is 16.5. The highest BCUT2D eigenvalue weighted by molar-refractivity contribution is 5.63. The van der Waals surface area contributed by atoms with E-state index in [1.54, 1.807) is 0 Å². The van der Waals surface area contributed by atoms with Crippen molar-refractivity contribution in [2.45, 2.75) is 19.4 Å². The van der Waals surface area contributed by atoms with E-state index in [0.717, 1.165) is 49.5 Å². The van der Waals surface area contributed by atoms with Crippen LogP contribution in [0.4, 0.5) is 0 Å². The molecule has 2 heterocycles. The van der Waals surface area contributed by atoms with Gasteiger partial charge in [0.1, 0.15) is 11.5 Å². The van der Waals surface area contributed by atoms with Crippen LogP contribution in [-0.2, 0) is 19.4 Å². The van der Waals surface area contributed by atoms with Crippen LogP contribution in [0, 0.1) is 0 Å². The Kier molecular flexibility index (Phi) is 3.95. The number of benzene rings is 2. The first-order valence-corrected chi connectivity index (χ1v) is 8.19. The van der Waals surface area contributed by atoms with E-state index < -0.39 is 0 Å². The second-order valence-corrected chi connectivity index (χ2v) is 6.06. The lowest BCUT2D eigenvalue weighted by Crippen LogP contribution is -2.31. The van der Waals surface area contributed by atoms with Gasteiger partial charge in [-0.05, 0) is 12.0 Å². The van der Waals surface area contributed by atoms with Gasteiger partial charge in [0.05, 0.1) is 0 Å². The highest BCUT2D eigenvalue weighted by Crippen LogP contribution is 2.29. The van der Waals surface area contributed by atoms with Gasteiger partial charge in [0.15, 0.2) is 0 Å². The summed E-state index contributed by atoms with van der Waals surface area (Å²) in [5.74, 6) is 1.06. The number of hydrogen-bond acceptors (Lipinski definition) is 3. The summed E-state index contributed by atoms with van der Waals surface area (Å²) in [5.41, 5.74) is 4.80. The second-order valence-electron chi connectivity index (χ2n) is 6.06. The molecule has 0 fully saturated rings. The first-order chi connectivity index (χ1) is 11.4. The first-order valence-electron chi connectivity index (χ1n) is 8.19. The van der Waals surface area contributed by atoms with Crippen LogP contribution in [0.25, 0.3) is 11.3 Å². The molecule has 23 heavy (non-hydrogen) atoms. The van der Waals surface area contributed by atoms with Crippen molar-refractivity contribution < 1.29 is 4.52 Å². The van der Waals surface area contributed by atoms with E-state index in [0.29, 0.717) is 0 Å². The third-order valence-corrected chi connectivity index (χ3v) is 4.51. The largest absolute Gasteiger partial charge is 0.360 e. The maximum atomic E-state index is 5.58. The van der Waals surface area contributed by atoms with Gasteiger partial charge in [-0.15, -0.1) is 0 Å². The lowest BCUT2D eigenvalue weighted by molar-refractivity contribution is 0.239. The summed E-state index contributed by atoms with van der Waals surface area (Å²) >= 11 is 0. The molecule has 0 amide bonds. The Balaban J connectivity index is 1.49. The molecule has 3 heteroatoms. The Bertz CT molecular complexity index is 765. The Labute approximate surface area is 136 Å². The number of hydrogen-bond donors (Lipinski definition) is 0. The van der Waals surface area contributed by atoms with Crippen molar-refractivity contribution in [3.8, 4) is 11.3 Å². The minimum Gasteiger partial charge on any atom is -0.360 e. The molecule has 0 spiro atoms. The molecule has 4 rings (SSSR count). The summed E-state index contributed by atoms with van der Waals surface area (Å²) in [6.07, 6.45) is 2.03. The maximum absolute atomic E-state index is 5.58. The van der Waals surface area contributed by atoms with Crippen molar-refractivity contribution in [2.24, 2.45) is 0 Å². The summed E-state index contributed by atoms with van der Waals surface area (Å²) in [6.45, 7) is 3.04. The Hall–Kier alpha value is -2.39. The molecule has 1 aliphatic rings. The SMILES string of the molecule is c1ccc(CCN2CCc3onc(-c4ccccc4)c3C2)cc1. The lowest BCUT2D eigenvalue weighted by atomic mass is 10.0. The number of aromatic nitrogens is 1. The summed E-state index contributed by atoms with van der Waals surface area (Å²) in [7, 11) is 0. The number of nitrogens with zero attached hydrogens (tertiary/aromatic N) is 2. The van der Waals surface area contributed by atoms with E-state index in [2.05, 4.69) is 52.5 Å². The molecule has 0 saturated carbocycles. The fourth-order valence-electron chi connectivity index (χ4n) is 3.21. The molecule has 1 aliphatic heterocycles.